The summed E-state index contributed by atoms with van der Waals surface area (Å²) in [7, 11) is 1.36. The Labute approximate surface area is 183 Å². The molecule has 0 aromatic heterocycles. The van der Waals surface area contributed by atoms with Crippen molar-refractivity contribution in [3.05, 3.63) is 76.9 Å². The van der Waals surface area contributed by atoms with Crippen LogP contribution in [0.5, 0.6) is 23.0 Å². The molecule has 0 bridgehead atoms. The van der Waals surface area contributed by atoms with E-state index >= 15 is 0 Å². The number of ketones is 1. The van der Waals surface area contributed by atoms with Gasteiger partial charge in [0.1, 0.15) is 28.6 Å². The van der Waals surface area contributed by atoms with Gasteiger partial charge in [-0.3, -0.25) is 4.79 Å². The zero-order valence-electron chi connectivity index (χ0n) is 18.5. The molecule has 3 N–H and O–H groups in total. The van der Waals surface area contributed by atoms with E-state index in [2.05, 4.69) is 12.7 Å². The van der Waals surface area contributed by atoms with E-state index in [0.29, 0.717) is 18.4 Å². The van der Waals surface area contributed by atoms with Crippen molar-refractivity contribution in [3.8, 4) is 23.0 Å². The van der Waals surface area contributed by atoms with Crippen molar-refractivity contribution in [2.24, 2.45) is 5.92 Å². The van der Waals surface area contributed by atoms with Gasteiger partial charge in [0, 0.05) is 17.2 Å². The number of phenols is 3. The van der Waals surface area contributed by atoms with Gasteiger partial charge in [-0.1, -0.05) is 42.0 Å². The highest BCUT2D eigenvalue weighted by Crippen LogP contribution is 2.41. The van der Waals surface area contributed by atoms with Gasteiger partial charge in [-0.05, 0) is 57.7 Å². The molecule has 0 heterocycles. The number of ether oxygens (including phenoxy) is 1. The van der Waals surface area contributed by atoms with Crippen LogP contribution >= 0.6 is 0 Å². The lowest BCUT2D eigenvalue weighted by molar-refractivity contribution is 0.104. The zero-order valence-corrected chi connectivity index (χ0v) is 18.5. The van der Waals surface area contributed by atoms with Gasteiger partial charge < -0.3 is 20.1 Å². The van der Waals surface area contributed by atoms with E-state index in [4.69, 9.17) is 4.74 Å². The number of benzene rings is 2. The molecule has 0 aliphatic carbocycles. The summed E-state index contributed by atoms with van der Waals surface area (Å²) in [5.41, 5.74) is 2.79. The Hall–Kier alpha value is -3.47. The third-order valence-corrected chi connectivity index (χ3v) is 5.12. The minimum atomic E-state index is -0.505. The van der Waals surface area contributed by atoms with E-state index in [1.54, 1.807) is 18.2 Å². The van der Waals surface area contributed by atoms with Gasteiger partial charge in [0.25, 0.3) is 0 Å². The van der Waals surface area contributed by atoms with Gasteiger partial charge in [-0.15, -0.1) is 0 Å². The smallest absolute Gasteiger partial charge is 0.193 e. The number of hydrogen-bond donors (Lipinski definition) is 3. The third kappa shape index (κ3) is 6.01. The van der Waals surface area contributed by atoms with Gasteiger partial charge in [0.2, 0.25) is 0 Å². The summed E-state index contributed by atoms with van der Waals surface area (Å²) in [6.45, 7) is 9.95. The van der Waals surface area contributed by atoms with Crippen LogP contribution in [0.4, 0.5) is 0 Å². The van der Waals surface area contributed by atoms with Crippen molar-refractivity contribution in [2.45, 2.75) is 33.6 Å². The molecule has 0 aliphatic heterocycles. The molecule has 1 unspecified atom stereocenters. The van der Waals surface area contributed by atoms with Crippen LogP contribution in [0, 0.1) is 5.92 Å². The normalized spacial score (nSPS) is 11.9. The summed E-state index contributed by atoms with van der Waals surface area (Å²) in [6.07, 6.45) is 5.84. The highest BCUT2D eigenvalue weighted by atomic mass is 16.5. The third-order valence-electron chi connectivity index (χ3n) is 5.12. The molecule has 0 radical (unpaired) electrons. The number of hydrogen-bond acceptors (Lipinski definition) is 5. The fourth-order valence-electron chi connectivity index (χ4n) is 3.23. The molecular weight excluding hydrogens is 392 g/mol. The molecule has 0 fully saturated rings. The van der Waals surface area contributed by atoms with Crippen molar-refractivity contribution >= 4 is 11.9 Å². The van der Waals surface area contributed by atoms with Crippen molar-refractivity contribution < 1.29 is 24.9 Å². The van der Waals surface area contributed by atoms with Crippen LogP contribution < -0.4 is 4.74 Å². The largest absolute Gasteiger partial charge is 0.507 e. The molecule has 0 aliphatic rings. The maximum absolute atomic E-state index is 12.9. The number of carbonyl (C=O) groups excluding carboxylic acids is 1. The van der Waals surface area contributed by atoms with Crippen molar-refractivity contribution in [2.75, 3.05) is 7.11 Å². The van der Waals surface area contributed by atoms with E-state index in [1.165, 1.54) is 37.0 Å². The molecule has 0 spiro atoms. The maximum Gasteiger partial charge on any atom is 0.193 e. The molecule has 5 nitrogen and oxygen atoms in total. The quantitative estimate of drug-likeness (QED) is 0.270. The van der Waals surface area contributed by atoms with Gasteiger partial charge >= 0.3 is 0 Å². The van der Waals surface area contributed by atoms with Crippen LogP contribution in [-0.2, 0) is 6.42 Å². The molecule has 0 amide bonds. The number of carbonyl (C=O) groups is 1. The van der Waals surface area contributed by atoms with Crippen molar-refractivity contribution in [3.63, 3.8) is 0 Å². The van der Waals surface area contributed by atoms with Crippen molar-refractivity contribution in [1.29, 1.82) is 0 Å². The first-order valence-electron chi connectivity index (χ1n) is 10.1. The number of allylic oxidation sites excluding steroid dienone is 4. The Bertz CT molecular complexity index is 1030. The Balaban J connectivity index is 2.46. The molecule has 31 heavy (non-hydrogen) atoms. The predicted octanol–water partition coefficient (Wildman–Crippen LogP) is 5.80. The van der Waals surface area contributed by atoms with Crippen LogP contribution in [0.1, 0.15) is 48.7 Å². The second kappa shape index (κ2) is 10.5. The first kappa shape index (κ1) is 23.8. The number of aromatic hydroxyl groups is 3. The maximum atomic E-state index is 12.9. The zero-order chi connectivity index (χ0) is 23.1. The van der Waals surface area contributed by atoms with Crippen LogP contribution in [0.25, 0.3) is 6.08 Å². The lowest BCUT2D eigenvalue weighted by Gasteiger charge is -2.19. The lowest BCUT2D eigenvalue weighted by Crippen LogP contribution is -2.08. The average molecular weight is 423 g/mol. The van der Waals surface area contributed by atoms with E-state index in [9.17, 15) is 20.1 Å². The van der Waals surface area contributed by atoms with Gasteiger partial charge in [-0.25, -0.2) is 0 Å². The fourth-order valence-corrected chi connectivity index (χ4v) is 3.23. The molecule has 1 atom stereocenters. The summed E-state index contributed by atoms with van der Waals surface area (Å²) in [5, 5.41) is 31.3. The fraction of sp³-hybridized carbons (Fsp3) is 0.269. The van der Waals surface area contributed by atoms with E-state index in [-0.39, 0.29) is 40.0 Å². The van der Waals surface area contributed by atoms with Crippen LogP contribution in [-0.4, -0.2) is 28.2 Å². The summed E-state index contributed by atoms with van der Waals surface area (Å²) in [5.74, 6) is -0.860. The molecule has 2 aromatic carbocycles. The topological polar surface area (TPSA) is 87.0 Å². The standard InChI is InChI=1S/C26H30O5/c1-16(2)10-11-19(17(3)4)14-20-23(29)15-24(31-5)25(26(20)30)22(28)13-12-18-8-6-7-9-21(18)27/h6-10,12-13,15,19,27,29-30H,3,11,14H2,1-2,4-5H3/b13-12+. The molecule has 0 saturated carbocycles. The Kier molecular flexibility index (Phi) is 8.08. The van der Waals surface area contributed by atoms with E-state index in [1.807, 2.05) is 20.8 Å². The van der Waals surface area contributed by atoms with Crippen LogP contribution in [0.2, 0.25) is 0 Å². The Morgan fingerprint density at radius 3 is 2.39 bits per heavy atom. The van der Waals surface area contributed by atoms with Crippen LogP contribution in [0.15, 0.2) is 60.2 Å². The molecule has 164 valence electrons. The van der Waals surface area contributed by atoms with Gasteiger partial charge in [0.15, 0.2) is 5.78 Å². The van der Waals surface area contributed by atoms with E-state index < -0.39 is 5.78 Å². The summed E-state index contributed by atoms with van der Waals surface area (Å²) in [4.78, 5) is 12.9. The van der Waals surface area contributed by atoms with Crippen molar-refractivity contribution in [1.82, 2.24) is 0 Å². The minimum absolute atomic E-state index is 0.0140. The first-order chi connectivity index (χ1) is 14.6. The van der Waals surface area contributed by atoms with Gasteiger partial charge in [-0.2, -0.15) is 0 Å². The Morgan fingerprint density at radius 2 is 1.81 bits per heavy atom. The first-order valence-corrected chi connectivity index (χ1v) is 10.1. The van der Waals surface area contributed by atoms with E-state index in [0.717, 1.165) is 5.57 Å². The monoisotopic (exact) mass is 422 g/mol. The molecular formula is C26H30O5. The second-order valence-electron chi connectivity index (χ2n) is 7.82. The number of rotatable bonds is 9. The number of methoxy groups -OCH3 is 1. The predicted molar refractivity (Wildman–Crippen MR) is 124 cm³/mol. The lowest BCUT2D eigenvalue weighted by atomic mass is 9.88. The molecule has 2 aromatic rings. The Morgan fingerprint density at radius 1 is 1.13 bits per heavy atom. The number of para-hydroxylation sites is 1. The SMILES string of the molecule is C=C(C)C(CC=C(C)C)Cc1c(O)cc(OC)c(C(=O)/C=C/c2ccccc2O)c1O. The minimum Gasteiger partial charge on any atom is -0.507 e. The summed E-state index contributed by atoms with van der Waals surface area (Å²) in [6, 6.07) is 7.95. The van der Waals surface area contributed by atoms with Gasteiger partial charge in [0.05, 0.1) is 7.11 Å². The second-order valence-corrected chi connectivity index (χ2v) is 7.82. The molecule has 5 heteroatoms. The average Bonchev–Trinajstić information content (AvgIpc) is 2.71. The summed E-state index contributed by atoms with van der Waals surface area (Å²) < 4.78 is 5.24. The highest BCUT2D eigenvalue weighted by Gasteiger charge is 2.24. The highest BCUT2D eigenvalue weighted by molar-refractivity contribution is 6.11. The molecule has 2 rings (SSSR count). The summed E-state index contributed by atoms with van der Waals surface area (Å²) >= 11 is 0. The molecule has 0 saturated heterocycles. The number of phenolic OH excluding ortho intramolecular Hbond substituents is 3. The van der Waals surface area contributed by atoms with Crippen LogP contribution in [0.3, 0.4) is 0 Å².